The minimum Gasteiger partial charge on any atom is -0.490 e. The molecule has 2 aromatic carbocycles. The fraction of sp³-hybridized carbons (Fsp3) is 0.407. The Morgan fingerprint density at radius 2 is 1.78 bits per heavy atom. The molecule has 1 aromatic heterocycles. The number of hydrogen-bond acceptors (Lipinski definition) is 4. The molecule has 3 atom stereocenters. The van der Waals surface area contributed by atoms with E-state index in [1.54, 1.807) is 0 Å². The van der Waals surface area contributed by atoms with Crippen LogP contribution in [-0.4, -0.2) is 47.2 Å². The van der Waals surface area contributed by atoms with Crippen LogP contribution in [0.15, 0.2) is 60.8 Å². The van der Waals surface area contributed by atoms with Crippen molar-refractivity contribution in [2.45, 2.75) is 51.4 Å². The molecule has 2 aliphatic heterocycles. The second-order valence-corrected chi connectivity index (χ2v) is 9.13. The summed E-state index contributed by atoms with van der Waals surface area (Å²) in [7, 11) is 0. The van der Waals surface area contributed by atoms with Crippen molar-refractivity contribution in [1.29, 1.82) is 0 Å². The van der Waals surface area contributed by atoms with Gasteiger partial charge in [0.15, 0.2) is 0 Å². The number of hydrogen-bond donors (Lipinski definition) is 0. The maximum atomic E-state index is 12.8. The van der Waals surface area contributed by atoms with Gasteiger partial charge in [0, 0.05) is 43.1 Å². The Labute approximate surface area is 189 Å². The van der Waals surface area contributed by atoms with Gasteiger partial charge >= 0.3 is 0 Å². The fourth-order valence-electron chi connectivity index (χ4n) is 4.68. The smallest absolute Gasteiger partial charge is 0.251 e. The number of piperidine rings is 1. The van der Waals surface area contributed by atoms with Crippen LogP contribution in [0.4, 0.5) is 0 Å². The van der Waals surface area contributed by atoms with E-state index in [0.29, 0.717) is 5.92 Å². The summed E-state index contributed by atoms with van der Waals surface area (Å²) in [5.41, 5.74) is 3.22. The lowest BCUT2D eigenvalue weighted by Crippen LogP contribution is -2.46. The first-order valence-corrected chi connectivity index (χ1v) is 11.6. The second-order valence-electron chi connectivity index (χ2n) is 9.13. The first-order chi connectivity index (χ1) is 15.6. The number of fused-ring (bicyclic) bond motifs is 1. The van der Waals surface area contributed by atoms with Gasteiger partial charge in [-0.1, -0.05) is 37.3 Å². The van der Waals surface area contributed by atoms with Crippen molar-refractivity contribution in [2.75, 3.05) is 13.1 Å². The predicted octanol–water partition coefficient (Wildman–Crippen LogP) is 5.09. The third-order valence-corrected chi connectivity index (χ3v) is 6.88. The zero-order valence-corrected chi connectivity index (χ0v) is 18.7. The molecule has 2 aliphatic rings. The largest absolute Gasteiger partial charge is 0.490 e. The Morgan fingerprint density at radius 1 is 1.03 bits per heavy atom. The monoisotopic (exact) mass is 430 g/mol. The van der Waals surface area contributed by atoms with E-state index in [1.165, 1.54) is 0 Å². The van der Waals surface area contributed by atoms with Crippen molar-refractivity contribution in [3.05, 3.63) is 60.8 Å². The molecule has 0 N–H and O–H groups in total. The number of ether oxygens (including phenoxy) is 2. The van der Waals surface area contributed by atoms with Crippen LogP contribution in [0.1, 0.15) is 33.1 Å². The maximum absolute atomic E-state index is 12.8. The Balaban J connectivity index is 1.16. The number of amides is 1. The maximum Gasteiger partial charge on any atom is 0.251 e. The summed E-state index contributed by atoms with van der Waals surface area (Å²) < 4.78 is 12.1. The number of likely N-dealkylation sites (tertiary alicyclic amines) is 1. The van der Waals surface area contributed by atoms with Crippen LogP contribution in [0, 0.1) is 5.92 Å². The minimum atomic E-state index is -0.269. The van der Waals surface area contributed by atoms with Gasteiger partial charge in [-0.2, -0.15) is 0 Å². The van der Waals surface area contributed by atoms with Gasteiger partial charge in [-0.25, -0.2) is 0 Å². The van der Waals surface area contributed by atoms with Crippen LogP contribution < -0.4 is 4.74 Å². The molecule has 32 heavy (non-hydrogen) atoms. The third kappa shape index (κ3) is 4.35. The first kappa shape index (κ1) is 21.0. The van der Waals surface area contributed by atoms with E-state index in [2.05, 4.69) is 43.1 Å². The molecule has 0 bridgehead atoms. The standard InChI is InChI=1S/C27H30N2O3/c1-18-15-26(31-19(18)2)27(30)29-13-11-24(12-14-29)32-23-9-7-20(8-10-23)22-16-21-5-3-4-6-25(21)28-17-22/h3-10,16-19,24,26H,11-15H2,1-2H3/t18-,19-,26-/m0/s1. The van der Waals surface area contributed by atoms with E-state index in [1.807, 2.05) is 41.4 Å². The van der Waals surface area contributed by atoms with Crippen LogP contribution in [0.25, 0.3) is 22.0 Å². The molecule has 2 fully saturated rings. The van der Waals surface area contributed by atoms with Crippen LogP contribution in [0.3, 0.4) is 0 Å². The Morgan fingerprint density at radius 3 is 2.50 bits per heavy atom. The number of pyridine rings is 1. The predicted molar refractivity (Wildman–Crippen MR) is 126 cm³/mol. The Kier molecular flexibility index (Phi) is 5.83. The molecule has 3 aromatic rings. The summed E-state index contributed by atoms with van der Waals surface area (Å²) in [6, 6.07) is 18.5. The van der Waals surface area contributed by atoms with Gasteiger partial charge in [-0.3, -0.25) is 9.78 Å². The van der Waals surface area contributed by atoms with E-state index < -0.39 is 0 Å². The molecule has 0 unspecified atom stereocenters. The highest BCUT2D eigenvalue weighted by Crippen LogP contribution is 2.29. The topological polar surface area (TPSA) is 51.7 Å². The van der Waals surface area contributed by atoms with E-state index in [0.717, 1.165) is 60.1 Å². The number of carbonyl (C=O) groups is 1. The van der Waals surface area contributed by atoms with Crippen molar-refractivity contribution < 1.29 is 14.3 Å². The highest BCUT2D eigenvalue weighted by molar-refractivity contribution is 5.83. The lowest BCUT2D eigenvalue weighted by Gasteiger charge is -2.33. The number of aromatic nitrogens is 1. The molecule has 0 spiro atoms. The van der Waals surface area contributed by atoms with E-state index in [9.17, 15) is 4.79 Å². The van der Waals surface area contributed by atoms with Crippen molar-refractivity contribution in [3.63, 3.8) is 0 Å². The van der Waals surface area contributed by atoms with Crippen LogP contribution >= 0.6 is 0 Å². The second kappa shape index (κ2) is 8.91. The average Bonchev–Trinajstić information content (AvgIpc) is 3.17. The van der Waals surface area contributed by atoms with E-state index in [-0.39, 0.29) is 24.2 Å². The summed E-state index contributed by atoms with van der Waals surface area (Å²) in [5, 5.41) is 1.14. The lowest BCUT2D eigenvalue weighted by molar-refractivity contribution is -0.144. The zero-order valence-electron chi connectivity index (χ0n) is 18.7. The van der Waals surface area contributed by atoms with Crippen LogP contribution in [-0.2, 0) is 9.53 Å². The van der Waals surface area contributed by atoms with Crippen molar-refractivity contribution >= 4 is 16.8 Å². The van der Waals surface area contributed by atoms with Gasteiger partial charge < -0.3 is 14.4 Å². The molecule has 5 rings (SSSR count). The third-order valence-electron chi connectivity index (χ3n) is 6.88. The number of carbonyl (C=O) groups excluding carboxylic acids is 1. The van der Waals surface area contributed by atoms with Crippen molar-refractivity contribution in [2.24, 2.45) is 5.92 Å². The number of para-hydroxylation sites is 1. The summed E-state index contributed by atoms with van der Waals surface area (Å²) in [5.74, 6) is 1.46. The normalized spacial score (nSPS) is 24.1. The summed E-state index contributed by atoms with van der Waals surface area (Å²) in [4.78, 5) is 19.3. The molecule has 2 saturated heterocycles. The number of nitrogens with zero attached hydrogens (tertiary/aromatic N) is 2. The SMILES string of the molecule is C[C@@H]1O[C@H](C(=O)N2CCC(Oc3ccc(-c4cnc5ccccc5c4)cc3)CC2)C[C@@H]1C. The summed E-state index contributed by atoms with van der Waals surface area (Å²) in [6.07, 6.45) is 4.47. The average molecular weight is 431 g/mol. The van der Waals surface area contributed by atoms with E-state index in [4.69, 9.17) is 9.47 Å². The van der Waals surface area contributed by atoms with Crippen LogP contribution in [0.5, 0.6) is 5.75 Å². The first-order valence-electron chi connectivity index (χ1n) is 11.6. The molecular formula is C27H30N2O3. The van der Waals surface area contributed by atoms with Crippen molar-refractivity contribution in [1.82, 2.24) is 9.88 Å². The van der Waals surface area contributed by atoms with Gasteiger partial charge in [0.2, 0.25) is 0 Å². The number of benzene rings is 2. The quantitative estimate of drug-likeness (QED) is 0.579. The molecule has 3 heterocycles. The van der Waals surface area contributed by atoms with Gasteiger partial charge in [-0.05, 0) is 49.1 Å². The zero-order chi connectivity index (χ0) is 22.1. The van der Waals surface area contributed by atoms with Gasteiger partial charge in [0.1, 0.15) is 18.0 Å². The summed E-state index contributed by atoms with van der Waals surface area (Å²) >= 11 is 0. The molecule has 5 heteroatoms. The van der Waals surface area contributed by atoms with Crippen molar-refractivity contribution in [3.8, 4) is 16.9 Å². The highest BCUT2D eigenvalue weighted by atomic mass is 16.5. The van der Waals surface area contributed by atoms with Crippen LogP contribution in [0.2, 0.25) is 0 Å². The molecule has 0 aliphatic carbocycles. The summed E-state index contributed by atoms with van der Waals surface area (Å²) in [6.45, 7) is 5.67. The molecular weight excluding hydrogens is 400 g/mol. The highest BCUT2D eigenvalue weighted by Gasteiger charge is 2.37. The van der Waals surface area contributed by atoms with Gasteiger partial charge in [0.25, 0.3) is 5.91 Å². The Bertz CT molecular complexity index is 1080. The molecule has 166 valence electrons. The van der Waals surface area contributed by atoms with Gasteiger partial charge in [-0.15, -0.1) is 0 Å². The van der Waals surface area contributed by atoms with Gasteiger partial charge in [0.05, 0.1) is 11.6 Å². The molecule has 5 nitrogen and oxygen atoms in total. The Hall–Kier alpha value is -2.92. The lowest BCUT2D eigenvalue weighted by atomic mass is 10.0. The molecule has 1 amide bonds. The fourth-order valence-corrected chi connectivity index (χ4v) is 4.68. The molecule has 0 saturated carbocycles. The number of rotatable bonds is 4. The van der Waals surface area contributed by atoms with E-state index >= 15 is 0 Å². The minimum absolute atomic E-state index is 0.134. The molecule has 0 radical (unpaired) electrons.